The number of halogens is 1. The van der Waals surface area contributed by atoms with Gasteiger partial charge in [-0.15, -0.1) is 12.4 Å². The van der Waals surface area contributed by atoms with E-state index >= 15 is 0 Å². The lowest BCUT2D eigenvalue weighted by Crippen LogP contribution is -2.30. The Morgan fingerprint density at radius 1 is 1.17 bits per heavy atom. The number of hydrogen-bond acceptors (Lipinski definition) is 5. The molecule has 0 saturated heterocycles. The third-order valence-electron chi connectivity index (χ3n) is 2.68. The van der Waals surface area contributed by atoms with Gasteiger partial charge in [-0.25, -0.2) is 8.42 Å². The molecule has 1 aromatic carbocycles. The first-order chi connectivity index (χ1) is 10.5. The Morgan fingerprint density at radius 2 is 1.78 bits per heavy atom. The Bertz CT molecular complexity index is 564. The Balaban J connectivity index is 0.00000484. The van der Waals surface area contributed by atoms with E-state index < -0.39 is 10.0 Å². The monoisotopic (exact) mass is 365 g/mol. The second-order valence-corrected chi connectivity index (χ2v) is 6.56. The molecule has 1 amide bonds. The number of anilines is 2. The highest BCUT2D eigenvalue weighted by molar-refractivity contribution is 7.92. The summed E-state index contributed by atoms with van der Waals surface area (Å²) in [6, 6.07) is 6.52. The molecule has 0 aliphatic carbocycles. The molecule has 0 atom stereocenters. The summed E-state index contributed by atoms with van der Waals surface area (Å²) in [7, 11) is -1.70. The molecule has 7 nitrogen and oxygen atoms in total. The molecule has 0 aliphatic heterocycles. The molecule has 0 unspecified atom stereocenters. The summed E-state index contributed by atoms with van der Waals surface area (Å²) in [4.78, 5) is 11.6. The summed E-state index contributed by atoms with van der Waals surface area (Å²) >= 11 is 0. The van der Waals surface area contributed by atoms with Gasteiger partial charge in [0, 0.05) is 25.0 Å². The van der Waals surface area contributed by atoms with E-state index in [1.807, 2.05) is 0 Å². The van der Waals surface area contributed by atoms with Crippen molar-refractivity contribution in [2.75, 3.05) is 42.6 Å². The number of sulfonamides is 1. The first kappa shape index (κ1) is 21.6. The minimum Gasteiger partial charge on any atom is -0.383 e. The minimum absolute atomic E-state index is 0. The molecule has 3 N–H and O–H groups in total. The number of rotatable bonds is 10. The molecular weight excluding hydrogens is 342 g/mol. The largest absolute Gasteiger partial charge is 0.383 e. The molecular formula is C14H24ClN3O4S. The summed E-state index contributed by atoms with van der Waals surface area (Å²) in [5.41, 5.74) is 1.08. The van der Waals surface area contributed by atoms with Crippen LogP contribution in [-0.4, -0.2) is 46.9 Å². The van der Waals surface area contributed by atoms with E-state index in [2.05, 4.69) is 15.4 Å². The van der Waals surface area contributed by atoms with Crippen molar-refractivity contribution in [2.45, 2.75) is 13.3 Å². The zero-order valence-electron chi connectivity index (χ0n) is 13.3. The van der Waals surface area contributed by atoms with Crippen LogP contribution in [0.15, 0.2) is 24.3 Å². The van der Waals surface area contributed by atoms with Crippen molar-refractivity contribution in [2.24, 2.45) is 0 Å². The molecule has 0 aliphatic rings. The van der Waals surface area contributed by atoms with Crippen molar-refractivity contribution in [1.29, 1.82) is 0 Å². The van der Waals surface area contributed by atoms with Gasteiger partial charge >= 0.3 is 0 Å². The van der Waals surface area contributed by atoms with Crippen LogP contribution < -0.4 is 15.4 Å². The van der Waals surface area contributed by atoms with Gasteiger partial charge in [-0.3, -0.25) is 9.52 Å². The highest BCUT2D eigenvalue weighted by Crippen LogP contribution is 2.15. The SMILES string of the molecule is CCCS(=O)(=O)Nc1ccc(NC(=O)CNCCOC)cc1.Cl. The summed E-state index contributed by atoms with van der Waals surface area (Å²) in [6.45, 7) is 3.13. The lowest BCUT2D eigenvalue weighted by Gasteiger charge is -2.09. The van der Waals surface area contributed by atoms with Gasteiger partial charge in [0.2, 0.25) is 15.9 Å². The van der Waals surface area contributed by atoms with Crippen LogP contribution in [-0.2, 0) is 19.6 Å². The fourth-order valence-electron chi connectivity index (χ4n) is 1.70. The fraction of sp³-hybridized carbons (Fsp3) is 0.500. The van der Waals surface area contributed by atoms with E-state index in [0.29, 0.717) is 30.9 Å². The highest BCUT2D eigenvalue weighted by Gasteiger charge is 2.08. The number of ether oxygens (including phenoxy) is 1. The molecule has 23 heavy (non-hydrogen) atoms. The molecule has 0 heterocycles. The van der Waals surface area contributed by atoms with Gasteiger partial charge in [0.1, 0.15) is 0 Å². The smallest absolute Gasteiger partial charge is 0.238 e. The van der Waals surface area contributed by atoms with E-state index in [1.165, 1.54) is 0 Å². The van der Waals surface area contributed by atoms with Crippen molar-refractivity contribution < 1.29 is 17.9 Å². The summed E-state index contributed by atoms with van der Waals surface area (Å²) in [5.74, 6) is -0.0889. The Kier molecular flexibility index (Phi) is 10.6. The van der Waals surface area contributed by atoms with Crippen LogP contribution in [0.3, 0.4) is 0 Å². The summed E-state index contributed by atoms with van der Waals surface area (Å²) < 4.78 is 30.6. The van der Waals surface area contributed by atoms with Crippen molar-refractivity contribution in [1.82, 2.24) is 5.32 Å². The normalized spacial score (nSPS) is 10.7. The lowest BCUT2D eigenvalue weighted by molar-refractivity contribution is -0.115. The fourth-order valence-corrected chi connectivity index (χ4v) is 2.84. The van der Waals surface area contributed by atoms with E-state index in [-0.39, 0.29) is 30.6 Å². The van der Waals surface area contributed by atoms with Crippen molar-refractivity contribution in [3.63, 3.8) is 0 Å². The molecule has 0 aromatic heterocycles. The van der Waals surface area contributed by atoms with Crippen LogP contribution in [0, 0.1) is 0 Å². The average molecular weight is 366 g/mol. The molecule has 0 radical (unpaired) electrons. The maximum absolute atomic E-state index is 11.6. The number of carbonyl (C=O) groups excluding carboxylic acids is 1. The zero-order valence-corrected chi connectivity index (χ0v) is 14.9. The maximum Gasteiger partial charge on any atom is 0.238 e. The Hall–Kier alpha value is -1.35. The third-order valence-corrected chi connectivity index (χ3v) is 4.18. The van der Waals surface area contributed by atoms with Gasteiger partial charge in [0.05, 0.1) is 18.9 Å². The number of methoxy groups -OCH3 is 1. The predicted molar refractivity (Wildman–Crippen MR) is 94.8 cm³/mol. The number of nitrogens with one attached hydrogen (secondary N) is 3. The summed E-state index contributed by atoms with van der Waals surface area (Å²) in [6.07, 6.45) is 0.555. The van der Waals surface area contributed by atoms with Gasteiger partial charge in [0.15, 0.2) is 0 Å². The molecule has 1 rings (SSSR count). The molecule has 132 valence electrons. The van der Waals surface area contributed by atoms with Crippen LogP contribution in [0.4, 0.5) is 11.4 Å². The standard InChI is InChI=1S/C14H23N3O4S.ClH/c1-3-10-22(19,20)17-13-6-4-12(5-7-13)16-14(18)11-15-8-9-21-2;/h4-7,15,17H,3,8-11H2,1-2H3,(H,16,18);1H. The van der Waals surface area contributed by atoms with E-state index in [0.717, 1.165) is 0 Å². The van der Waals surface area contributed by atoms with Gasteiger partial charge in [-0.05, 0) is 30.7 Å². The van der Waals surface area contributed by atoms with Crippen LogP contribution in [0.2, 0.25) is 0 Å². The summed E-state index contributed by atoms with van der Waals surface area (Å²) in [5, 5.41) is 5.65. The Labute approximate surface area is 143 Å². The Morgan fingerprint density at radius 3 is 2.35 bits per heavy atom. The van der Waals surface area contributed by atoms with Gasteiger partial charge in [-0.2, -0.15) is 0 Å². The first-order valence-electron chi connectivity index (χ1n) is 7.07. The number of amides is 1. The van der Waals surface area contributed by atoms with E-state index in [4.69, 9.17) is 4.74 Å². The quantitative estimate of drug-likeness (QED) is 0.545. The zero-order chi connectivity index (χ0) is 16.4. The maximum atomic E-state index is 11.6. The van der Waals surface area contributed by atoms with Crippen molar-refractivity contribution >= 4 is 39.7 Å². The van der Waals surface area contributed by atoms with E-state index in [1.54, 1.807) is 38.3 Å². The first-order valence-corrected chi connectivity index (χ1v) is 8.72. The number of benzene rings is 1. The van der Waals surface area contributed by atoms with Gasteiger partial charge in [-0.1, -0.05) is 6.92 Å². The van der Waals surface area contributed by atoms with Crippen LogP contribution in [0.5, 0.6) is 0 Å². The molecule has 0 fully saturated rings. The van der Waals surface area contributed by atoms with Crippen molar-refractivity contribution in [3.05, 3.63) is 24.3 Å². The molecule has 0 spiro atoms. The topological polar surface area (TPSA) is 96.5 Å². The second-order valence-electron chi connectivity index (χ2n) is 4.72. The highest BCUT2D eigenvalue weighted by atomic mass is 35.5. The van der Waals surface area contributed by atoms with Crippen LogP contribution in [0.1, 0.15) is 13.3 Å². The number of carbonyl (C=O) groups is 1. The molecule has 0 saturated carbocycles. The van der Waals surface area contributed by atoms with E-state index in [9.17, 15) is 13.2 Å². The van der Waals surface area contributed by atoms with Crippen LogP contribution in [0.25, 0.3) is 0 Å². The molecule has 9 heteroatoms. The second kappa shape index (κ2) is 11.2. The van der Waals surface area contributed by atoms with Gasteiger partial charge < -0.3 is 15.4 Å². The van der Waals surface area contributed by atoms with Crippen LogP contribution >= 0.6 is 12.4 Å². The lowest BCUT2D eigenvalue weighted by atomic mass is 10.3. The van der Waals surface area contributed by atoms with Crippen molar-refractivity contribution in [3.8, 4) is 0 Å². The third kappa shape index (κ3) is 9.39. The predicted octanol–water partition coefficient (Wildman–Crippen LogP) is 1.43. The minimum atomic E-state index is -3.30. The number of hydrogen-bond donors (Lipinski definition) is 3. The van der Waals surface area contributed by atoms with Gasteiger partial charge in [0.25, 0.3) is 0 Å². The molecule has 0 bridgehead atoms. The molecule has 1 aromatic rings. The average Bonchev–Trinajstić information content (AvgIpc) is 2.45.